The van der Waals surface area contributed by atoms with E-state index >= 15 is 0 Å². The number of ether oxygens (including phenoxy) is 1. The van der Waals surface area contributed by atoms with Gasteiger partial charge in [-0.15, -0.1) is 0 Å². The van der Waals surface area contributed by atoms with Crippen LogP contribution in [0.15, 0.2) is 0 Å². The van der Waals surface area contributed by atoms with Gasteiger partial charge in [0.2, 0.25) is 5.91 Å². The van der Waals surface area contributed by atoms with Crippen LogP contribution in [0.5, 0.6) is 0 Å². The van der Waals surface area contributed by atoms with E-state index in [2.05, 4.69) is 0 Å². The number of hydrogen-bond acceptors (Lipinski definition) is 3. The third-order valence-electron chi connectivity index (χ3n) is 3.80. The number of nitrogens with two attached hydrogens (primary N) is 1. The minimum absolute atomic E-state index is 0.203. The quantitative estimate of drug-likeness (QED) is 0.779. The molecule has 2 N–H and O–H groups in total. The summed E-state index contributed by atoms with van der Waals surface area (Å²) in [6.45, 7) is 1.62. The molecule has 0 bridgehead atoms. The SMILES string of the molecule is NC(=O)C1(C(F)(F)F)CCN(C2COC2)CC1. The van der Waals surface area contributed by atoms with Gasteiger partial charge in [-0.2, -0.15) is 13.2 Å². The van der Waals surface area contributed by atoms with Crippen molar-refractivity contribution in [1.29, 1.82) is 0 Å². The number of rotatable bonds is 2. The molecular weight excluding hydrogens is 237 g/mol. The minimum Gasteiger partial charge on any atom is -0.378 e. The molecule has 0 unspecified atom stereocenters. The molecule has 98 valence electrons. The van der Waals surface area contributed by atoms with Crippen molar-refractivity contribution in [3.8, 4) is 0 Å². The van der Waals surface area contributed by atoms with Crippen LogP contribution in [-0.4, -0.2) is 49.3 Å². The summed E-state index contributed by atoms with van der Waals surface area (Å²) in [5.74, 6) is -1.26. The highest BCUT2D eigenvalue weighted by Gasteiger charge is 2.60. The maximum absolute atomic E-state index is 12.9. The van der Waals surface area contributed by atoms with Crippen LogP contribution in [0.2, 0.25) is 0 Å². The Morgan fingerprint density at radius 2 is 1.82 bits per heavy atom. The van der Waals surface area contributed by atoms with E-state index < -0.39 is 17.5 Å². The third-order valence-corrected chi connectivity index (χ3v) is 3.80. The Balaban J connectivity index is 2.05. The summed E-state index contributed by atoms with van der Waals surface area (Å²) in [4.78, 5) is 13.1. The van der Waals surface area contributed by atoms with Gasteiger partial charge in [0.1, 0.15) is 5.41 Å². The molecule has 2 aliphatic heterocycles. The summed E-state index contributed by atoms with van der Waals surface area (Å²) in [5, 5.41) is 0. The maximum Gasteiger partial charge on any atom is 0.403 e. The molecule has 7 heteroatoms. The van der Waals surface area contributed by atoms with Crippen molar-refractivity contribution >= 4 is 5.91 Å². The summed E-state index contributed by atoms with van der Waals surface area (Å²) in [6, 6.07) is 0.203. The van der Waals surface area contributed by atoms with E-state index in [4.69, 9.17) is 10.5 Å². The van der Waals surface area contributed by atoms with Gasteiger partial charge in [-0.1, -0.05) is 0 Å². The van der Waals surface area contributed by atoms with E-state index in [0.29, 0.717) is 13.2 Å². The number of hydrogen-bond donors (Lipinski definition) is 1. The molecule has 0 saturated carbocycles. The van der Waals surface area contributed by atoms with Gasteiger partial charge in [0.15, 0.2) is 0 Å². The Morgan fingerprint density at radius 1 is 1.29 bits per heavy atom. The second-order valence-electron chi connectivity index (χ2n) is 4.67. The van der Waals surface area contributed by atoms with E-state index in [1.807, 2.05) is 4.90 Å². The van der Waals surface area contributed by atoms with Gasteiger partial charge in [0.05, 0.1) is 19.3 Å². The molecule has 1 amide bonds. The lowest BCUT2D eigenvalue weighted by atomic mass is 9.76. The predicted molar refractivity (Wildman–Crippen MR) is 53.1 cm³/mol. The smallest absolute Gasteiger partial charge is 0.378 e. The first-order valence-electron chi connectivity index (χ1n) is 5.55. The number of piperidine rings is 1. The van der Waals surface area contributed by atoms with Crippen LogP contribution in [0.3, 0.4) is 0 Å². The molecule has 17 heavy (non-hydrogen) atoms. The van der Waals surface area contributed by atoms with Gasteiger partial charge >= 0.3 is 6.18 Å². The van der Waals surface area contributed by atoms with Crippen molar-refractivity contribution in [2.24, 2.45) is 11.1 Å². The Bertz CT molecular complexity index is 307. The zero-order valence-electron chi connectivity index (χ0n) is 9.29. The molecular formula is C10H15F3N2O2. The molecule has 0 aromatic heterocycles. The molecule has 0 aromatic rings. The van der Waals surface area contributed by atoms with Crippen molar-refractivity contribution in [1.82, 2.24) is 4.90 Å². The number of nitrogens with zero attached hydrogens (tertiary/aromatic N) is 1. The molecule has 2 aliphatic rings. The predicted octanol–water partition coefficient (Wildman–Crippen LogP) is 0.515. The lowest BCUT2D eigenvalue weighted by Crippen LogP contribution is -2.59. The Hall–Kier alpha value is -0.820. The number of carbonyl (C=O) groups excluding carboxylic acids is 1. The molecule has 0 radical (unpaired) electrons. The van der Waals surface area contributed by atoms with Crippen LogP contribution >= 0.6 is 0 Å². The first-order chi connectivity index (χ1) is 7.87. The minimum atomic E-state index is -4.55. The van der Waals surface area contributed by atoms with E-state index in [0.717, 1.165) is 0 Å². The van der Waals surface area contributed by atoms with Crippen molar-refractivity contribution in [2.45, 2.75) is 25.1 Å². The number of halogens is 3. The van der Waals surface area contributed by atoms with Crippen molar-refractivity contribution < 1.29 is 22.7 Å². The number of alkyl halides is 3. The van der Waals surface area contributed by atoms with Crippen LogP contribution in [0, 0.1) is 5.41 Å². The topological polar surface area (TPSA) is 55.6 Å². The summed E-state index contributed by atoms with van der Waals surface area (Å²) in [7, 11) is 0. The molecule has 0 aliphatic carbocycles. The Labute approximate surface area is 96.9 Å². The normalized spacial score (nSPS) is 26.5. The van der Waals surface area contributed by atoms with Gasteiger partial charge in [-0.05, 0) is 25.9 Å². The summed E-state index contributed by atoms with van der Waals surface area (Å²) < 4.78 is 43.8. The van der Waals surface area contributed by atoms with Crippen LogP contribution in [0.1, 0.15) is 12.8 Å². The molecule has 0 atom stereocenters. The molecule has 2 rings (SSSR count). The van der Waals surface area contributed by atoms with Gasteiger partial charge in [0, 0.05) is 0 Å². The van der Waals surface area contributed by atoms with Crippen molar-refractivity contribution in [2.75, 3.05) is 26.3 Å². The maximum atomic E-state index is 12.9. The molecule has 2 heterocycles. The highest BCUT2D eigenvalue weighted by molar-refractivity contribution is 5.82. The number of carbonyl (C=O) groups is 1. The zero-order chi connectivity index (χ0) is 12.7. The highest BCUT2D eigenvalue weighted by Crippen LogP contribution is 2.46. The fourth-order valence-electron chi connectivity index (χ4n) is 2.37. The molecule has 0 spiro atoms. The van der Waals surface area contributed by atoms with E-state index in [-0.39, 0.29) is 32.0 Å². The fraction of sp³-hybridized carbons (Fsp3) is 0.900. The fourth-order valence-corrected chi connectivity index (χ4v) is 2.37. The molecule has 2 saturated heterocycles. The summed E-state index contributed by atoms with van der Waals surface area (Å²) in [5.41, 5.74) is 2.62. The summed E-state index contributed by atoms with van der Waals surface area (Å²) in [6.07, 6.45) is -5.05. The lowest BCUT2D eigenvalue weighted by molar-refractivity contribution is -0.234. The standard InChI is InChI=1S/C10H15F3N2O2/c11-10(12,13)9(8(14)16)1-3-15(4-2-9)7-5-17-6-7/h7H,1-6H2,(H2,14,16). The van der Waals surface area contributed by atoms with E-state index in [9.17, 15) is 18.0 Å². The summed E-state index contributed by atoms with van der Waals surface area (Å²) >= 11 is 0. The molecule has 4 nitrogen and oxygen atoms in total. The average molecular weight is 252 g/mol. The Kier molecular flexibility index (Phi) is 3.07. The molecule has 0 aromatic carbocycles. The van der Waals surface area contributed by atoms with Crippen LogP contribution in [0.4, 0.5) is 13.2 Å². The lowest BCUT2D eigenvalue weighted by Gasteiger charge is -2.45. The zero-order valence-corrected chi connectivity index (χ0v) is 9.29. The largest absolute Gasteiger partial charge is 0.403 e. The van der Waals surface area contributed by atoms with Gasteiger partial charge in [-0.3, -0.25) is 9.69 Å². The Morgan fingerprint density at radius 3 is 2.12 bits per heavy atom. The van der Waals surface area contributed by atoms with Gasteiger partial charge < -0.3 is 10.5 Å². The first-order valence-corrected chi connectivity index (χ1v) is 5.55. The van der Waals surface area contributed by atoms with Crippen LogP contribution in [0.25, 0.3) is 0 Å². The van der Waals surface area contributed by atoms with Gasteiger partial charge in [-0.25, -0.2) is 0 Å². The second kappa shape index (κ2) is 4.13. The highest BCUT2D eigenvalue weighted by atomic mass is 19.4. The van der Waals surface area contributed by atoms with Crippen molar-refractivity contribution in [3.63, 3.8) is 0 Å². The third kappa shape index (κ3) is 2.01. The van der Waals surface area contributed by atoms with Crippen LogP contribution < -0.4 is 5.73 Å². The molecule has 2 fully saturated rings. The van der Waals surface area contributed by atoms with Gasteiger partial charge in [0.25, 0.3) is 0 Å². The van der Waals surface area contributed by atoms with Crippen molar-refractivity contribution in [3.05, 3.63) is 0 Å². The number of primary amides is 1. The van der Waals surface area contributed by atoms with E-state index in [1.165, 1.54) is 0 Å². The average Bonchev–Trinajstić information content (AvgIpc) is 2.14. The number of likely N-dealkylation sites (tertiary alicyclic amines) is 1. The first kappa shape index (κ1) is 12.6. The van der Waals surface area contributed by atoms with E-state index in [1.54, 1.807) is 0 Å². The monoisotopic (exact) mass is 252 g/mol. The number of amides is 1. The second-order valence-corrected chi connectivity index (χ2v) is 4.67. The van der Waals surface area contributed by atoms with Crippen LogP contribution in [-0.2, 0) is 9.53 Å².